The second kappa shape index (κ2) is 10.0. The SMILES string of the molecule is NC(=S)Nc1ccc(C(N)C(=O)NC2C(=O)N3C(C(=O)O)=C(CSc4cn[nH]n4)CS[C@H]23)cc1. The largest absolute Gasteiger partial charge is 0.477 e. The molecule has 2 unspecified atom stereocenters. The molecule has 1 saturated heterocycles. The normalized spacial score (nSPS) is 20.3. The number of carboxylic acids is 1. The lowest BCUT2D eigenvalue weighted by molar-refractivity contribution is -0.150. The molecular formula is C19H20N8O4S3. The summed E-state index contributed by atoms with van der Waals surface area (Å²) in [7, 11) is 0. The molecule has 1 aromatic heterocycles. The number of amides is 2. The number of aromatic amines is 1. The Morgan fingerprint density at radius 1 is 1.38 bits per heavy atom. The zero-order valence-electron chi connectivity index (χ0n) is 17.4. The van der Waals surface area contributed by atoms with Gasteiger partial charge in [-0.3, -0.25) is 14.5 Å². The maximum absolute atomic E-state index is 12.8. The highest BCUT2D eigenvalue weighted by atomic mass is 32.2. The Bertz CT molecular complexity index is 1150. The van der Waals surface area contributed by atoms with Gasteiger partial charge in [-0.2, -0.15) is 10.3 Å². The monoisotopic (exact) mass is 520 g/mol. The van der Waals surface area contributed by atoms with Crippen molar-refractivity contribution in [1.29, 1.82) is 0 Å². The highest BCUT2D eigenvalue weighted by Crippen LogP contribution is 2.41. The van der Waals surface area contributed by atoms with Gasteiger partial charge in [-0.25, -0.2) is 4.79 Å². The van der Waals surface area contributed by atoms with Crippen molar-refractivity contribution in [3.8, 4) is 0 Å². The Labute approximate surface area is 207 Å². The minimum atomic E-state index is -1.19. The zero-order valence-corrected chi connectivity index (χ0v) is 19.9. The Balaban J connectivity index is 1.41. The van der Waals surface area contributed by atoms with Crippen molar-refractivity contribution >= 4 is 64.3 Å². The van der Waals surface area contributed by atoms with Crippen LogP contribution in [0.15, 0.2) is 46.8 Å². The molecule has 34 heavy (non-hydrogen) atoms. The molecule has 178 valence electrons. The van der Waals surface area contributed by atoms with Crippen molar-refractivity contribution in [1.82, 2.24) is 25.6 Å². The molecule has 0 radical (unpaired) electrons. The van der Waals surface area contributed by atoms with Gasteiger partial charge < -0.3 is 27.2 Å². The summed E-state index contributed by atoms with van der Waals surface area (Å²) in [5.41, 5.74) is 13.2. The van der Waals surface area contributed by atoms with Crippen LogP contribution in [0.5, 0.6) is 0 Å². The first-order valence-corrected chi connectivity index (χ1v) is 12.3. The molecule has 0 aliphatic carbocycles. The number of carbonyl (C=O) groups is 3. The standard InChI is InChI=1S/C19H20N8O4S3/c20-12(8-1-3-10(4-2-8)23-19(21)32)15(28)24-13-16(29)27-14(18(30)31)9(7-34-17(13)27)6-33-11-5-22-26-25-11/h1-5,12-13,17H,6-7,20H2,(H,24,28)(H,30,31)(H3,21,23,32)(H,22,25,26)/t12?,13?,17-/m1/s1. The van der Waals surface area contributed by atoms with Gasteiger partial charge >= 0.3 is 5.97 Å². The second-order valence-electron chi connectivity index (χ2n) is 7.34. The predicted molar refractivity (Wildman–Crippen MR) is 131 cm³/mol. The average Bonchev–Trinajstić information content (AvgIpc) is 3.33. The van der Waals surface area contributed by atoms with Crippen molar-refractivity contribution in [3.05, 3.63) is 47.3 Å². The quantitative estimate of drug-likeness (QED) is 0.155. The summed E-state index contributed by atoms with van der Waals surface area (Å²) in [5.74, 6) is -1.48. The van der Waals surface area contributed by atoms with E-state index in [2.05, 4.69) is 26.0 Å². The van der Waals surface area contributed by atoms with Gasteiger partial charge in [-0.15, -0.1) is 16.9 Å². The number of aliphatic carboxylic acids is 1. The number of nitrogens with zero attached hydrogens (tertiary/aromatic N) is 3. The van der Waals surface area contributed by atoms with E-state index in [-0.39, 0.29) is 10.8 Å². The van der Waals surface area contributed by atoms with Crippen molar-refractivity contribution in [3.63, 3.8) is 0 Å². The van der Waals surface area contributed by atoms with Gasteiger partial charge in [0.25, 0.3) is 5.91 Å². The van der Waals surface area contributed by atoms with Crippen LogP contribution < -0.4 is 22.1 Å². The lowest BCUT2D eigenvalue weighted by Crippen LogP contribution is -2.71. The molecule has 2 amide bonds. The number of hydrogen-bond donors (Lipinski definition) is 6. The van der Waals surface area contributed by atoms with Crippen molar-refractivity contribution in [2.24, 2.45) is 11.5 Å². The third-order valence-electron chi connectivity index (χ3n) is 5.15. The van der Waals surface area contributed by atoms with Crippen LogP contribution in [0.2, 0.25) is 0 Å². The fraction of sp³-hybridized carbons (Fsp3) is 0.263. The number of anilines is 1. The number of nitrogens with one attached hydrogen (secondary N) is 3. The number of benzene rings is 1. The highest BCUT2D eigenvalue weighted by Gasteiger charge is 2.54. The van der Waals surface area contributed by atoms with E-state index >= 15 is 0 Å². The number of hydrogen-bond acceptors (Lipinski definition) is 9. The molecule has 0 saturated carbocycles. The Hall–Kier alpha value is -3.14. The van der Waals surface area contributed by atoms with E-state index in [0.717, 1.165) is 0 Å². The highest BCUT2D eigenvalue weighted by molar-refractivity contribution is 8.01. The molecule has 3 atom stereocenters. The summed E-state index contributed by atoms with van der Waals surface area (Å²) in [6, 6.07) is 4.78. The Morgan fingerprint density at radius 2 is 2.12 bits per heavy atom. The number of rotatable bonds is 8. The summed E-state index contributed by atoms with van der Waals surface area (Å²) in [6.07, 6.45) is 1.53. The van der Waals surface area contributed by atoms with Gasteiger partial charge in [-0.1, -0.05) is 23.9 Å². The molecule has 1 fully saturated rings. The van der Waals surface area contributed by atoms with Crippen LogP contribution in [0.4, 0.5) is 5.69 Å². The van der Waals surface area contributed by atoms with Crippen LogP contribution in [0.25, 0.3) is 0 Å². The van der Waals surface area contributed by atoms with Crippen molar-refractivity contribution in [2.75, 3.05) is 16.8 Å². The molecule has 1 aromatic carbocycles. The number of aromatic nitrogens is 3. The third-order valence-corrected chi connectivity index (χ3v) is 7.58. The topological polar surface area (TPSA) is 192 Å². The van der Waals surface area contributed by atoms with Crippen molar-refractivity contribution < 1.29 is 19.5 Å². The van der Waals surface area contributed by atoms with E-state index < -0.39 is 35.2 Å². The number of thioether (sulfide) groups is 2. The Morgan fingerprint density at radius 3 is 2.74 bits per heavy atom. The van der Waals surface area contributed by atoms with E-state index in [1.54, 1.807) is 24.3 Å². The van der Waals surface area contributed by atoms with E-state index in [9.17, 15) is 19.5 Å². The van der Waals surface area contributed by atoms with E-state index in [1.807, 2.05) is 0 Å². The van der Waals surface area contributed by atoms with Crippen molar-refractivity contribution in [2.45, 2.75) is 22.5 Å². The molecule has 3 heterocycles. The van der Waals surface area contributed by atoms with Crippen LogP contribution >= 0.6 is 35.7 Å². The maximum Gasteiger partial charge on any atom is 0.352 e. The number of fused-ring (bicyclic) bond motifs is 1. The summed E-state index contributed by atoms with van der Waals surface area (Å²) in [6.45, 7) is 0. The Kier molecular flexibility index (Phi) is 7.06. The molecule has 4 rings (SSSR count). The number of nitrogens with two attached hydrogens (primary N) is 2. The molecular weight excluding hydrogens is 500 g/mol. The zero-order chi connectivity index (χ0) is 24.4. The average molecular weight is 521 g/mol. The summed E-state index contributed by atoms with van der Waals surface area (Å²) in [4.78, 5) is 38.7. The van der Waals surface area contributed by atoms with E-state index in [0.29, 0.717) is 33.4 Å². The summed E-state index contributed by atoms with van der Waals surface area (Å²) < 4.78 is 0. The van der Waals surface area contributed by atoms with Crippen LogP contribution in [-0.2, 0) is 14.4 Å². The van der Waals surface area contributed by atoms with Crippen LogP contribution in [0, 0.1) is 0 Å². The van der Waals surface area contributed by atoms with E-state index in [1.165, 1.54) is 34.6 Å². The van der Waals surface area contributed by atoms with Crippen LogP contribution in [-0.4, -0.2) is 71.2 Å². The predicted octanol–water partition coefficient (Wildman–Crippen LogP) is -0.00910. The molecule has 12 nitrogen and oxygen atoms in total. The number of H-pyrrole nitrogens is 1. The molecule has 2 aromatic rings. The number of carbonyl (C=O) groups excluding carboxylic acids is 2. The molecule has 0 spiro atoms. The number of thiocarbonyl (C=S) groups is 1. The molecule has 2 aliphatic rings. The smallest absolute Gasteiger partial charge is 0.352 e. The minimum Gasteiger partial charge on any atom is -0.477 e. The maximum atomic E-state index is 12.8. The fourth-order valence-corrected chi connectivity index (χ4v) is 5.91. The number of β-lactam (4-membered cyclic amide) rings is 1. The van der Waals surface area contributed by atoms with Crippen LogP contribution in [0.3, 0.4) is 0 Å². The van der Waals surface area contributed by atoms with Gasteiger partial charge in [0.1, 0.15) is 28.2 Å². The summed E-state index contributed by atoms with van der Waals surface area (Å²) in [5, 5.41) is 25.5. The van der Waals surface area contributed by atoms with Gasteiger partial charge in [0.15, 0.2) is 5.11 Å². The lowest BCUT2D eigenvalue weighted by atomic mass is 10.0. The fourth-order valence-electron chi connectivity index (χ4n) is 3.53. The molecule has 15 heteroatoms. The minimum absolute atomic E-state index is 0.0551. The third kappa shape index (κ3) is 4.86. The molecule has 8 N–H and O–H groups in total. The second-order valence-corrected chi connectivity index (χ2v) is 9.88. The van der Waals surface area contributed by atoms with E-state index in [4.69, 9.17) is 23.7 Å². The first-order valence-electron chi connectivity index (χ1n) is 9.87. The van der Waals surface area contributed by atoms with Gasteiger partial charge in [-0.05, 0) is 35.5 Å². The molecule has 2 aliphatic heterocycles. The number of carboxylic acid groups (broad SMARTS) is 1. The van der Waals surface area contributed by atoms with Crippen LogP contribution in [0.1, 0.15) is 11.6 Å². The van der Waals surface area contributed by atoms with Gasteiger partial charge in [0, 0.05) is 17.2 Å². The molecule has 0 bridgehead atoms. The lowest BCUT2D eigenvalue weighted by Gasteiger charge is -2.49. The summed E-state index contributed by atoms with van der Waals surface area (Å²) >= 11 is 7.49. The first kappa shape index (κ1) is 24.0. The van der Waals surface area contributed by atoms with Gasteiger partial charge in [0.05, 0.1) is 6.20 Å². The van der Waals surface area contributed by atoms with Gasteiger partial charge in [0.2, 0.25) is 5.91 Å². The first-order chi connectivity index (χ1) is 16.3.